The molecule has 0 saturated heterocycles. The Hall–Kier alpha value is -2.16. The Morgan fingerprint density at radius 1 is 1.08 bits per heavy atom. The number of ether oxygens (including phenoxy) is 3. The lowest BCUT2D eigenvalue weighted by molar-refractivity contribution is -0.122. The van der Waals surface area contributed by atoms with Crippen molar-refractivity contribution in [3.05, 3.63) is 12.1 Å². The molecule has 1 rings (SSSR count). The number of anilines is 1. The minimum Gasteiger partial charge on any atom is -0.493 e. The monoisotopic (exact) mass is 388 g/mol. The molecule has 26 heavy (non-hydrogen) atoms. The Labute approximate surface area is 155 Å². The van der Waals surface area contributed by atoms with E-state index < -0.39 is 10.0 Å². The summed E-state index contributed by atoms with van der Waals surface area (Å²) in [4.78, 5) is 12.1. The van der Waals surface area contributed by atoms with Crippen LogP contribution >= 0.6 is 0 Å². The summed E-state index contributed by atoms with van der Waals surface area (Å²) in [5.74, 6) is 0.778. The van der Waals surface area contributed by atoms with Crippen molar-refractivity contribution in [2.24, 2.45) is 0 Å². The van der Waals surface area contributed by atoms with Gasteiger partial charge in [0.2, 0.25) is 21.7 Å². The molecule has 1 aromatic carbocycles. The first kappa shape index (κ1) is 21.9. The highest BCUT2D eigenvalue weighted by molar-refractivity contribution is 7.92. The van der Waals surface area contributed by atoms with E-state index in [0.717, 1.165) is 10.6 Å². The zero-order valence-electron chi connectivity index (χ0n) is 16.4. The molecule has 148 valence electrons. The van der Waals surface area contributed by atoms with E-state index in [4.69, 9.17) is 14.2 Å². The summed E-state index contributed by atoms with van der Waals surface area (Å²) in [6, 6.07) is 3.06. The molecule has 1 aromatic rings. The van der Waals surface area contributed by atoms with Gasteiger partial charge in [0, 0.05) is 30.6 Å². The van der Waals surface area contributed by atoms with E-state index in [2.05, 4.69) is 5.32 Å². The molecule has 0 aliphatic carbocycles. The number of carbonyl (C=O) groups is 1. The molecule has 1 amide bonds. The number of nitrogens with zero attached hydrogens (tertiary/aromatic N) is 1. The molecule has 0 unspecified atom stereocenters. The molecule has 0 spiro atoms. The Balaban J connectivity index is 3.21. The van der Waals surface area contributed by atoms with E-state index in [-0.39, 0.29) is 24.4 Å². The summed E-state index contributed by atoms with van der Waals surface area (Å²) in [7, 11) is 0.732. The summed E-state index contributed by atoms with van der Waals surface area (Å²) in [6.45, 7) is 5.56. The van der Waals surface area contributed by atoms with Crippen molar-refractivity contribution in [1.29, 1.82) is 0 Å². The van der Waals surface area contributed by atoms with Gasteiger partial charge in [-0.3, -0.25) is 9.10 Å². The number of rotatable bonds is 8. The highest BCUT2D eigenvalue weighted by Crippen LogP contribution is 2.41. The minimum atomic E-state index is -3.63. The molecule has 0 aromatic heterocycles. The number of carbonyl (C=O) groups excluding carboxylic acids is 1. The van der Waals surface area contributed by atoms with Crippen LogP contribution < -0.4 is 23.8 Å². The van der Waals surface area contributed by atoms with Gasteiger partial charge in [-0.25, -0.2) is 8.42 Å². The average Bonchev–Trinajstić information content (AvgIpc) is 2.50. The van der Waals surface area contributed by atoms with E-state index in [1.165, 1.54) is 33.5 Å². The molecule has 0 fully saturated rings. The maximum absolute atomic E-state index is 12.3. The third-order valence-electron chi connectivity index (χ3n) is 3.39. The number of methoxy groups -OCH3 is 3. The highest BCUT2D eigenvalue weighted by Gasteiger charge is 2.24. The normalized spacial score (nSPS) is 11.7. The van der Waals surface area contributed by atoms with Crippen molar-refractivity contribution in [2.45, 2.75) is 32.7 Å². The second kappa shape index (κ2) is 8.48. The zero-order valence-corrected chi connectivity index (χ0v) is 17.2. The van der Waals surface area contributed by atoms with Crippen molar-refractivity contribution < 1.29 is 27.4 Å². The van der Waals surface area contributed by atoms with Crippen LogP contribution in [0, 0.1) is 0 Å². The lowest BCUT2D eigenvalue weighted by Gasteiger charge is -2.25. The molecule has 0 saturated carbocycles. The highest BCUT2D eigenvalue weighted by atomic mass is 32.2. The average molecular weight is 388 g/mol. The largest absolute Gasteiger partial charge is 0.493 e. The van der Waals surface area contributed by atoms with E-state index in [1.54, 1.807) is 0 Å². The first-order chi connectivity index (χ1) is 11.9. The summed E-state index contributed by atoms with van der Waals surface area (Å²) in [6.07, 6.45) is 1.10. The van der Waals surface area contributed by atoms with Gasteiger partial charge in [-0.2, -0.15) is 0 Å². The summed E-state index contributed by atoms with van der Waals surface area (Å²) in [5.41, 5.74) is -0.0647. The number of hydrogen-bond acceptors (Lipinski definition) is 6. The van der Waals surface area contributed by atoms with Gasteiger partial charge in [0.1, 0.15) is 0 Å². The Morgan fingerprint density at radius 2 is 1.58 bits per heavy atom. The zero-order chi connectivity index (χ0) is 20.1. The third-order valence-corrected chi connectivity index (χ3v) is 4.59. The van der Waals surface area contributed by atoms with Crippen LogP contribution in [-0.2, 0) is 14.8 Å². The first-order valence-electron chi connectivity index (χ1n) is 8.01. The van der Waals surface area contributed by atoms with E-state index in [1.807, 2.05) is 20.8 Å². The summed E-state index contributed by atoms with van der Waals surface area (Å²) in [5, 5.41) is 2.81. The maximum Gasteiger partial charge on any atom is 0.232 e. The topological polar surface area (TPSA) is 94.2 Å². The van der Waals surface area contributed by atoms with Crippen LogP contribution in [0.1, 0.15) is 27.2 Å². The Morgan fingerprint density at radius 3 is 1.92 bits per heavy atom. The third kappa shape index (κ3) is 5.98. The van der Waals surface area contributed by atoms with Crippen LogP contribution in [-0.4, -0.2) is 54.0 Å². The number of nitrogens with one attached hydrogen (secondary N) is 1. The predicted molar refractivity (Wildman–Crippen MR) is 101 cm³/mol. The quantitative estimate of drug-likeness (QED) is 0.730. The molecular formula is C17H28N2O6S. The van der Waals surface area contributed by atoms with Gasteiger partial charge < -0.3 is 19.5 Å². The van der Waals surface area contributed by atoms with Crippen LogP contribution in [0.25, 0.3) is 0 Å². The van der Waals surface area contributed by atoms with Gasteiger partial charge in [-0.05, 0) is 20.8 Å². The van der Waals surface area contributed by atoms with E-state index in [0.29, 0.717) is 22.9 Å². The molecule has 0 bridgehead atoms. The number of hydrogen-bond donors (Lipinski definition) is 1. The van der Waals surface area contributed by atoms with Crippen molar-refractivity contribution in [2.75, 3.05) is 38.4 Å². The van der Waals surface area contributed by atoms with Crippen molar-refractivity contribution in [3.63, 3.8) is 0 Å². The fraction of sp³-hybridized carbons (Fsp3) is 0.588. The lowest BCUT2D eigenvalue weighted by atomic mass is 10.1. The van der Waals surface area contributed by atoms with Crippen LogP contribution in [0.2, 0.25) is 0 Å². The van der Waals surface area contributed by atoms with Crippen LogP contribution in [0.4, 0.5) is 5.69 Å². The SMILES string of the molecule is COc1cc(N(CCC(=O)NC(C)(C)C)S(C)(=O)=O)cc(OC)c1OC. The number of sulfonamides is 1. The molecule has 0 heterocycles. The minimum absolute atomic E-state index is 0.0145. The number of amides is 1. The molecule has 1 N–H and O–H groups in total. The van der Waals surface area contributed by atoms with Gasteiger partial charge in [-0.1, -0.05) is 0 Å². The first-order valence-corrected chi connectivity index (χ1v) is 9.86. The van der Waals surface area contributed by atoms with E-state index >= 15 is 0 Å². The predicted octanol–water partition coefficient (Wildman–Crippen LogP) is 1.78. The van der Waals surface area contributed by atoms with Gasteiger partial charge in [0.15, 0.2) is 11.5 Å². The van der Waals surface area contributed by atoms with Crippen molar-refractivity contribution in [3.8, 4) is 17.2 Å². The molecule has 0 atom stereocenters. The Kier molecular flexibility index (Phi) is 7.14. The van der Waals surface area contributed by atoms with Gasteiger partial charge >= 0.3 is 0 Å². The standard InChI is InChI=1S/C17H28N2O6S/c1-17(2,3)18-15(20)8-9-19(26(7,21)22)12-10-13(23-4)16(25-6)14(11-12)24-5/h10-11H,8-9H2,1-7H3,(H,18,20). The fourth-order valence-corrected chi connectivity index (χ4v) is 3.29. The number of benzene rings is 1. The van der Waals surface area contributed by atoms with Crippen molar-refractivity contribution >= 4 is 21.6 Å². The van der Waals surface area contributed by atoms with Crippen LogP contribution in [0.5, 0.6) is 17.2 Å². The molecule has 0 aliphatic rings. The summed E-state index contributed by atoms with van der Waals surface area (Å²) < 4.78 is 41.5. The maximum atomic E-state index is 12.3. The van der Waals surface area contributed by atoms with E-state index in [9.17, 15) is 13.2 Å². The molecule has 9 heteroatoms. The molecular weight excluding hydrogens is 360 g/mol. The second-order valence-corrected chi connectivity index (χ2v) is 8.67. The molecule has 0 radical (unpaired) electrons. The van der Waals surface area contributed by atoms with Gasteiger partial charge in [0.05, 0.1) is 33.3 Å². The van der Waals surface area contributed by atoms with Crippen LogP contribution in [0.3, 0.4) is 0 Å². The lowest BCUT2D eigenvalue weighted by Crippen LogP contribution is -2.42. The molecule has 0 aliphatic heterocycles. The van der Waals surface area contributed by atoms with Crippen LogP contribution in [0.15, 0.2) is 12.1 Å². The van der Waals surface area contributed by atoms with Gasteiger partial charge in [0.25, 0.3) is 0 Å². The van der Waals surface area contributed by atoms with Crippen molar-refractivity contribution in [1.82, 2.24) is 5.32 Å². The summed E-state index contributed by atoms with van der Waals surface area (Å²) >= 11 is 0. The second-order valence-electron chi connectivity index (χ2n) is 6.77. The Bertz CT molecular complexity index is 715. The fourth-order valence-electron chi connectivity index (χ4n) is 2.38. The van der Waals surface area contributed by atoms with Gasteiger partial charge in [-0.15, -0.1) is 0 Å². The molecule has 8 nitrogen and oxygen atoms in total. The smallest absolute Gasteiger partial charge is 0.232 e.